The average molecular weight is 271 g/mol. The number of hydrogen-bond donors (Lipinski definition) is 1. The molecule has 90 valence electrons. The molecule has 17 heavy (non-hydrogen) atoms. The first-order valence-electron chi connectivity index (χ1n) is 5.31. The van der Waals surface area contributed by atoms with E-state index in [0.29, 0.717) is 22.4 Å². The summed E-state index contributed by atoms with van der Waals surface area (Å²) < 4.78 is 5.39. The summed E-state index contributed by atoms with van der Waals surface area (Å²) in [5, 5.41) is 4.37. The second kappa shape index (κ2) is 5.54. The third-order valence-corrected chi connectivity index (χ3v) is 2.91. The molecule has 2 rings (SSSR count). The maximum Gasteiger partial charge on any atom is 0.181 e. The highest BCUT2D eigenvalue weighted by Crippen LogP contribution is 2.32. The molecular weight excluding hydrogens is 259 g/mol. The molecular formula is C12H12Cl2N2O. The van der Waals surface area contributed by atoms with Crippen LogP contribution < -0.4 is 5.32 Å². The van der Waals surface area contributed by atoms with Crippen molar-refractivity contribution in [1.29, 1.82) is 0 Å². The molecule has 0 unspecified atom stereocenters. The number of nitrogens with zero attached hydrogens (tertiary/aromatic N) is 1. The molecule has 0 bridgehead atoms. The fourth-order valence-electron chi connectivity index (χ4n) is 1.53. The lowest BCUT2D eigenvalue weighted by Gasteiger charge is -2.04. The summed E-state index contributed by atoms with van der Waals surface area (Å²) in [6, 6.07) is 5.31. The Hall–Kier alpha value is -1.03. The molecule has 5 heteroatoms. The fraction of sp³-hybridized carbons (Fsp3) is 0.250. The van der Waals surface area contributed by atoms with Crippen molar-refractivity contribution < 1.29 is 4.42 Å². The Morgan fingerprint density at radius 1 is 1.35 bits per heavy atom. The lowest BCUT2D eigenvalue weighted by atomic mass is 10.1. The molecule has 0 atom stereocenters. The van der Waals surface area contributed by atoms with E-state index in [9.17, 15) is 0 Å². The second-order valence-electron chi connectivity index (χ2n) is 3.53. The average Bonchev–Trinajstić information content (AvgIpc) is 2.74. The minimum absolute atomic E-state index is 0.562. The zero-order valence-corrected chi connectivity index (χ0v) is 10.8. The van der Waals surface area contributed by atoms with Crippen LogP contribution in [0.15, 0.2) is 29.0 Å². The monoisotopic (exact) mass is 270 g/mol. The van der Waals surface area contributed by atoms with Gasteiger partial charge in [-0.3, -0.25) is 0 Å². The number of rotatable bonds is 4. The van der Waals surface area contributed by atoms with Gasteiger partial charge < -0.3 is 9.73 Å². The van der Waals surface area contributed by atoms with Gasteiger partial charge >= 0.3 is 0 Å². The molecule has 0 aliphatic rings. The van der Waals surface area contributed by atoms with Gasteiger partial charge in [0.1, 0.15) is 5.69 Å². The number of oxazole rings is 1. The van der Waals surface area contributed by atoms with Gasteiger partial charge in [0.2, 0.25) is 0 Å². The van der Waals surface area contributed by atoms with Crippen LogP contribution in [0.4, 0.5) is 0 Å². The van der Waals surface area contributed by atoms with E-state index in [2.05, 4.69) is 10.3 Å². The third kappa shape index (κ3) is 2.80. The van der Waals surface area contributed by atoms with E-state index in [-0.39, 0.29) is 0 Å². The summed E-state index contributed by atoms with van der Waals surface area (Å²) >= 11 is 12.0. The molecule has 0 amide bonds. The largest absolute Gasteiger partial charge is 0.443 e. The number of halogens is 2. The maximum atomic E-state index is 6.13. The van der Waals surface area contributed by atoms with Crippen LogP contribution in [0.2, 0.25) is 10.0 Å². The van der Waals surface area contributed by atoms with Crippen LogP contribution in [-0.4, -0.2) is 11.5 Å². The van der Waals surface area contributed by atoms with Gasteiger partial charge in [-0.05, 0) is 24.7 Å². The van der Waals surface area contributed by atoms with Crippen LogP contribution >= 0.6 is 23.2 Å². The van der Waals surface area contributed by atoms with Crippen LogP contribution in [0, 0.1) is 0 Å². The summed E-state index contributed by atoms with van der Waals surface area (Å²) in [6.45, 7) is 3.57. The first-order chi connectivity index (χ1) is 8.22. The van der Waals surface area contributed by atoms with Gasteiger partial charge in [0.05, 0.1) is 5.02 Å². The van der Waals surface area contributed by atoms with Crippen molar-refractivity contribution in [2.45, 2.75) is 13.5 Å². The molecule has 0 aliphatic heterocycles. The predicted octanol–water partition coefficient (Wildman–Crippen LogP) is 3.76. The molecule has 0 saturated carbocycles. The van der Waals surface area contributed by atoms with Gasteiger partial charge in [-0.25, -0.2) is 4.98 Å². The highest BCUT2D eigenvalue weighted by Gasteiger charge is 2.13. The molecule has 3 nitrogen and oxygen atoms in total. The van der Waals surface area contributed by atoms with Crippen molar-refractivity contribution in [3.63, 3.8) is 0 Å². The number of aromatic nitrogens is 1. The van der Waals surface area contributed by atoms with E-state index in [1.807, 2.05) is 13.0 Å². The first kappa shape index (κ1) is 12.4. The van der Waals surface area contributed by atoms with Crippen LogP contribution in [-0.2, 0) is 6.54 Å². The Bertz CT molecular complexity index is 511. The number of nitrogens with one attached hydrogen (secondary N) is 1. The van der Waals surface area contributed by atoms with Crippen molar-refractivity contribution in [1.82, 2.24) is 10.3 Å². The Morgan fingerprint density at radius 3 is 2.88 bits per heavy atom. The minimum Gasteiger partial charge on any atom is -0.443 e. The normalized spacial score (nSPS) is 10.8. The standard InChI is InChI=1S/C12H12Cl2N2O/c1-2-15-6-11-12(17-7-16-11)9-4-3-8(13)5-10(9)14/h3-5,7,15H,2,6H2,1H3. The summed E-state index contributed by atoms with van der Waals surface area (Å²) in [4.78, 5) is 4.17. The zero-order valence-electron chi connectivity index (χ0n) is 9.34. The van der Waals surface area contributed by atoms with Gasteiger partial charge in [-0.2, -0.15) is 0 Å². The van der Waals surface area contributed by atoms with Crippen LogP contribution in [0.1, 0.15) is 12.6 Å². The lowest BCUT2D eigenvalue weighted by Crippen LogP contribution is -2.12. The van der Waals surface area contributed by atoms with Crippen LogP contribution in [0.25, 0.3) is 11.3 Å². The van der Waals surface area contributed by atoms with Crippen LogP contribution in [0.3, 0.4) is 0 Å². The van der Waals surface area contributed by atoms with Gasteiger partial charge in [0.15, 0.2) is 12.2 Å². The zero-order chi connectivity index (χ0) is 12.3. The molecule has 1 aromatic heterocycles. The second-order valence-corrected chi connectivity index (χ2v) is 4.38. The molecule has 1 heterocycles. The van der Waals surface area contributed by atoms with Crippen molar-refractivity contribution >= 4 is 23.2 Å². The SMILES string of the molecule is CCNCc1ncoc1-c1ccc(Cl)cc1Cl. The quantitative estimate of drug-likeness (QED) is 0.920. The molecule has 0 fully saturated rings. The molecule has 2 aromatic rings. The third-order valence-electron chi connectivity index (χ3n) is 2.36. The van der Waals surface area contributed by atoms with E-state index >= 15 is 0 Å². The van der Waals surface area contributed by atoms with Gasteiger partial charge in [0, 0.05) is 17.1 Å². The van der Waals surface area contributed by atoms with Crippen molar-refractivity contribution in [2.24, 2.45) is 0 Å². The Labute approximate surface area is 110 Å². The molecule has 0 saturated heterocycles. The minimum atomic E-state index is 0.562. The molecule has 0 radical (unpaired) electrons. The van der Waals surface area contributed by atoms with E-state index < -0.39 is 0 Å². The Kier molecular flexibility index (Phi) is 4.05. The van der Waals surface area contributed by atoms with Crippen molar-refractivity contribution in [3.05, 3.63) is 40.3 Å². The summed E-state index contributed by atoms with van der Waals surface area (Å²) in [6.07, 6.45) is 1.42. The molecule has 0 spiro atoms. The number of hydrogen-bond acceptors (Lipinski definition) is 3. The summed E-state index contributed by atoms with van der Waals surface area (Å²) in [5.74, 6) is 0.688. The van der Waals surface area contributed by atoms with Crippen molar-refractivity contribution in [2.75, 3.05) is 6.54 Å². The van der Waals surface area contributed by atoms with Crippen molar-refractivity contribution in [3.8, 4) is 11.3 Å². The molecule has 0 aliphatic carbocycles. The van der Waals surface area contributed by atoms with Crippen LogP contribution in [0.5, 0.6) is 0 Å². The Balaban J connectivity index is 2.35. The molecule has 1 aromatic carbocycles. The summed E-state index contributed by atoms with van der Waals surface area (Å²) in [7, 11) is 0. The number of benzene rings is 1. The topological polar surface area (TPSA) is 38.1 Å². The molecule has 1 N–H and O–H groups in total. The van der Waals surface area contributed by atoms with E-state index in [0.717, 1.165) is 17.8 Å². The van der Waals surface area contributed by atoms with Gasteiger partial charge in [0.25, 0.3) is 0 Å². The maximum absolute atomic E-state index is 6.13. The smallest absolute Gasteiger partial charge is 0.181 e. The van der Waals surface area contributed by atoms with E-state index in [1.165, 1.54) is 6.39 Å². The fourth-order valence-corrected chi connectivity index (χ4v) is 2.03. The first-order valence-corrected chi connectivity index (χ1v) is 6.06. The highest BCUT2D eigenvalue weighted by molar-refractivity contribution is 6.36. The van der Waals surface area contributed by atoms with E-state index in [4.69, 9.17) is 27.6 Å². The highest BCUT2D eigenvalue weighted by atomic mass is 35.5. The van der Waals surface area contributed by atoms with Gasteiger partial charge in [-0.1, -0.05) is 30.1 Å². The van der Waals surface area contributed by atoms with Gasteiger partial charge in [-0.15, -0.1) is 0 Å². The van der Waals surface area contributed by atoms with E-state index in [1.54, 1.807) is 12.1 Å². The summed E-state index contributed by atoms with van der Waals surface area (Å²) in [5.41, 5.74) is 1.65. The lowest BCUT2D eigenvalue weighted by molar-refractivity contribution is 0.570. The predicted molar refractivity (Wildman–Crippen MR) is 69.3 cm³/mol. The Morgan fingerprint density at radius 2 is 2.18 bits per heavy atom.